The zero-order valence-corrected chi connectivity index (χ0v) is 11.5. The van der Waals surface area contributed by atoms with Crippen LogP contribution in [0.25, 0.3) is 0 Å². The molecule has 1 aromatic rings. The molecule has 0 aliphatic heterocycles. The van der Waals surface area contributed by atoms with E-state index in [-0.39, 0.29) is 5.41 Å². The second-order valence-corrected chi connectivity index (χ2v) is 6.33. The van der Waals surface area contributed by atoms with E-state index in [0.717, 1.165) is 11.6 Å². The highest BCUT2D eigenvalue weighted by molar-refractivity contribution is 7.13. The molecule has 1 aromatic heterocycles. The molecule has 1 heterocycles. The Balaban J connectivity index is 2.05. The first kappa shape index (κ1) is 13.3. The zero-order valence-electron chi connectivity index (χ0n) is 10.6. The summed E-state index contributed by atoms with van der Waals surface area (Å²) in [4.78, 5) is 15.0. The number of aliphatic carboxylic acids is 1. The summed E-state index contributed by atoms with van der Waals surface area (Å²) in [5, 5.41) is 14.7. The van der Waals surface area contributed by atoms with E-state index in [9.17, 15) is 4.79 Å². The number of nitrogens with two attached hydrogens (primary N) is 1. The van der Waals surface area contributed by atoms with E-state index < -0.39 is 12.0 Å². The van der Waals surface area contributed by atoms with Crippen molar-refractivity contribution in [3.63, 3.8) is 0 Å². The smallest absolute Gasteiger partial charge is 0.326 e. The molecular weight excluding hydrogens is 250 g/mol. The van der Waals surface area contributed by atoms with E-state index in [2.05, 4.69) is 24.1 Å². The van der Waals surface area contributed by atoms with Crippen LogP contribution in [-0.4, -0.2) is 22.1 Å². The fraction of sp³-hybridized carbons (Fsp3) is 0.667. The molecule has 4 N–H and O–H groups in total. The maximum atomic E-state index is 10.8. The van der Waals surface area contributed by atoms with Gasteiger partial charge in [0.15, 0.2) is 5.13 Å². The largest absolute Gasteiger partial charge is 0.480 e. The van der Waals surface area contributed by atoms with Gasteiger partial charge in [0.25, 0.3) is 0 Å². The molecule has 0 aromatic carbocycles. The monoisotopic (exact) mass is 269 g/mol. The molecule has 18 heavy (non-hydrogen) atoms. The number of carboxylic acid groups (broad SMARTS) is 1. The lowest BCUT2D eigenvalue weighted by atomic mass is 9.87. The lowest BCUT2D eigenvalue weighted by Crippen LogP contribution is -2.30. The van der Waals surface area contributed by atoms with Crippen LogP contribution in [0.3, 0.4) is 0 Å². The van der Waals surface area contributed by atoms with Gasteiger partial charge in [-0.2, -0.15) is 0 Å². The first-order valence-electron chi connectivity index (χ1n) is 6.10. The van der Waals surface area contributed by atoms with Crippen LogP contribution in [0.1, 0.15) is 44.8 Å². The summed E-state index contributed by atoms with van der Waals surface area (Å²) in [6.07, 6.45) is 3.56. The summed E-state index contributed by atoms with van der Waals surface area (Å²) in [7, 11) is 0. The zero-order chi connectivity index (χ0) is 13.3. The summed E-state index contributed by atoms with van der Waals surface area (Å²) in [6.45, 7) is 4.49. The second kappa shape index (κ2) is 4.85. The first-order valence-corrected chi connectivity index (χ1v) is 6.98. The molecule has 100 valence electrons. The SMILES string of the molecule is CC1(C)CCCC1Nc1nc(C(N)C(=O)O)cs1. The summed E-state index contributed by atoms with van der Waals surface area (Å²) in [5.74, 6) is -1.05. The third kappa shape index (κ3) is 2.64. The highest BCUT2D eigenvalue weighted by Gasteiger charge is 2.34. The maximum absolute atomic E-state index is 10.8. The van der Waals surface area contributed by atoms with E-state index in [1.54, 1.807) is 5.38 Å². The van der Waals surface area contributed by atoms with Crippen molar-refractivity contribution in [3.8, 4) is 0 Å². The molecule has 2 atom stereocenters. The number of carbonyl (C=O) groups is 1. The molecule has 0 radical (unpaired) electrons. The minimum absolute atomic E-state index is 0.265. The minimum Gasteiger partial charge on any atom is -0.480 e. The summed E-state index contributed by atoms with van der Waals surface area (Å²) < 4.78 is 0. The van der Waals surface area contributed by atoms with E-state index in [1.807, 2.05) is 0 Å². The number of hydrogen-bond acceptors (Lipinski definition) is 5. The highest BCUT2D eigenvalue weighted by Crippen LogP contribution is 2.39. The Morgan fingerprint density at radius 1 is 1.72 bits per heavy atom. The van der Waals surface area contributed by atoms with Crippen molar-refractivity contribution >= 4 is 22.4 Å². The summed E-state index contributed by atoms with van der Waals surface area (Å²) in [5.41, 5.74) is 6.22. The molecule has 1 aliphatic carbocycles. The highest BCUT2D eigenvalue weighted by atomic mass is 32.1. The van der Waals surface area contributed by atoms with Crippen molar-refractivity contribution in [1.82, 2.24) is 4.98 Å². The van der Waals surface area contributed by atoms with Crippen molar-refractivity contribution in [3.05, 3.63) is 11.1 Å². The average Bonchev–Trinajstić information content (AvgIpc) is 2.86. The molecular formula is C12H19N3O2S. The van der Waals surface area contributed by atoms with Crippen LogP contribution in [0.4, 0.5) is 5.13 Å². The van der Waals surface area contributed by atoms with E-state index in [1.165, 1.54) is 24.2 Å². The number of anilines is 1. The molecule has 0 spiro atoms. The van der Waals surface area contributed by atoms with E-state index >= 15 is 0 Å². The number of rotatable bonds is 4. The molecule has 1 aliphatic rings. The van der Waals surface area contributed by atoms with Crippen LogP contribution in [0.15, 0.2) is 5.38 Å². The van der Waals surface area contributed by atoms with Crippen LogP contribution in [0.2, 0.25) is 0 Å². The number of thiazole rings is 1. The number of aromatic nitrogens is 1. The maximum Gasteiger partial charge on any atom is 0.326 e. The third-order valence-electron chi connectivity index (χ3n) is 3.66. The van der Waals surface area contributed by atoms with Gasteiger partial charge < -0.3 is 16.2 Å². The number of nitrogens with one attached hydrogen (secondary N) is 1. The van der Waals surface area contributed by atoms with Gasteiger partial charge in [-0.3, -0.25) is 4.79 Å². The predicted octanol–water partition coefficient (Wildman–Crippen LogP) is 2.22. The van der Waals surface area contributed by atoms with Crippen molar-refractivity contribution in [2.75, 3.05) is 5.32 Å². The quantitative estimate of drug-likeness (QED) is 0.780. The first-order chi connectivity index (χ1) is 8.40. The van der Waals surface area contributed by atoms with Crippen LogP contribution in [0, 0.1) is 5.41 Å². The van der Waals surface area contributed by atoms with Crippen LogP contribution < -0.4 is 11.1 Å². The van der Waals surface area contributed by atoms with Gasteiger partial charge in [0.1, 0.15) is 6.04 Å². The van der Waals surface area contributed by atoms with Gasteiger partial charge in [0.05, 0.1) is 5.69 Å². The van der Waals surface area contributed by atoms with Gasteiger partial charge in [-0.05, 0) is 18.3 Å². The Hall–Kier alpha value is -1.14. The van der Waals surface area contributed by atoms with E-state index in [4.69, 9.17) is 10.8 Å². The molecule has 6 heteroatoms. The van der Waals surface area contributed by atoms with Crippen molar-refractivity contribution in [2.45, 2.75) is 45.2 Å². The molecule has 1 saturated carbocycles. The van der Waals surface area contributed by atoms with Gasteiger partial charge >= 0.3 is 5.97 Å². The van der Waals surface area contributed by atoms with Crippen molar-refractivity contribution < 1.29 is 9.90 Å². The number of hydrogen-bond donors (Lipinski definition) is 3. The molecule has 5 nitrogen and oxygen atoms in total. The van der Waals surface area contributed by atoms with Gasteiger partial charge in [0, 0.05) is 11.4 Å². The topological polar surface area (TPSA) is 88.2 Å². The van der Waals surface area contributed by atoms with Crippen molar-refractivity contribution in [1.29, 1.82) is 0 Å². The van der Waals surface area contributed by atoms with Gasteiger partial charge in [-0.1, -0.05) is 20.3 Å². The number of carboxylic acids is 1. The predicted molar refractivity (Wildman–Crippen MR) is 71.7 cm³/mol. The lowest BCUT2D eigenvalue weighted by molar-refractivity contribution is -0.138. The molecule has 1 fully saturated rings. The standard InChI is InChI=1S/C12H19N3O2S/c1-12(2)5-3-4-8(12)15-11-14-7(6-18-11)9(13)10(16)17/h6,8-9H,3-5,13H2,1-2H3,(H,14,15)(H,16,17). The third-order valence-corrected chi connectivity index (χ3v) is 4.45. The molecule has 0 saturated heterocycles. The van der Waals surface area contributed by atoms with Gasteiger partial charge in [-0.15, -0.1) is 11.3 Å². The lowest BCUT2D eigenvalue weighted by Gasteiger charge is -2.27. The molecule has 2 rings (SSSR count). The minimum atomic E-state index is -1.05. The van der Waals surface area contributed by atoms with Gasteiger partial charge in [-0.25, -0.2) is 4.98 Å². The van der Waals surface area contributed by atoms with Crippen LogP contribution in [0.5, 0.6) is 0 Å². The fourth-order valence-electron chi connectivity index (χ4n) is 2.37. The Labute approximate surface area is 110 Å². The molecule has 0 bridgehead atoms. The summed E-state index contributed by atoms with van der Waals surface area (Å²) in [6, 6.07) is -0.633. The second-order valence-electron chi connectivity index (χ2n) is 5.47. The van der Waals surface area contributed by atoms with E-state index in [0.29, 0.717) is 11.7 Å². The Morgan fingerprint density at radius 2 is 2.44 bits per heavy atom. The Bertz CT molecular complexity index is 444. The fourth-order valence-corrected chi connectivity index (χ4v) is 3.17. The number of nitrogens with zero attached hydrogens (tertiary/aromatic N) is 1. The Kier molecular flexibility index (Phi) is 3.59. The average molecular weight is 269 g/mol. The Morgan fingerprint density at radius 3 is 3.00 bits per heavy atom. The molecule has 2 unspecified atom stereocenters. The van der Waals surface area contributed by atoms with Crippen molar-refractivity contribution in [2.24, 2.45) is 11.1 Å². The van der Waals surface area contributed by atoms with Crippen LogP contribution in [-0.2, 0) is 4.79 Å². The normalized spacial score (nSPS) is 23.8. The van der Waals surface area contributed by atoms with Crippen LogP contribution >= 0.6 is 11.3 Å². The molecule has 0 amide bonds. The van der Waals surface area contributed by atoms with Gasteiger partial charge in [0.2, 0.25) is 0 Å². The summed E-state index contributed by atoms with van der Waals surface area (Å²) >= 11 is 1.42.